The zero-order valence-electron chi connectivity index (χ0n) is 12.8. The van der Waals surface area contributed by atoms with Crippen LogP contribution in [0.5, 0.6) is 0 Å². The van der Waals surface area contributed by atoms with Gasteiger partial charge in [0.25, 0.3) is 11.6 Å². The van der Waals surface area contributed by atoms with Crippen molar-refractivity contribution in [2.24, 2.45) is 0 Å². The first-order valence-electron chi connectivity index (χ1n) is 6.82. The largest absolute Gasteiger partial charge is 0.372 e. The van der Waals surface area contributed by atoms with Crippen molar-refractivity contribution in [3.05, 3.63) is 46.0 Å². The lowest BCUT2D eigenvalue weighted by Crippen LogP contribution is -2.49. The summed E-state index contributed by atoms with van der Waals surface area (Å²) < 4.78 is 4.88. The van der Waals surface area contributed by atoms with Crippen LogP contribution in [0.3, 0.4) is 0 Å². The van der Waals surface area contributed by atoms with Crippen molar-refractivity contribution in [1.82, 2.24) is 16.2 Å². The van der Waals surface area contributed by atoms with E-state index in [0.29, 0.717) is 12.2 Å². The second-order valence-electron chi connectivity index (χ2n) is 4.31. The highest BCUT2D eigenvalue weighted by atomic mass is 32.1. The fraction of sp³-hybridized carbons (Fsp3) is 0.214. The molecule has 1 rings (SSSR count). The second-order valence-corrected chi connectivity index (χ2v) is 4.72. The second kappa shape index (κ2) is 10.0. The summed E-state index contributed by atoms with van der Waals surface area (Å²) in [6.07, 6.45) is 2.56. The molecule has 3 N–H and O–H groups in total. The van der Waals surface area contributed by atoms with Crippen molar-refractivity contribution >= 4 is 40.9 Å². The number of thiocarbonyl (C=S) groups is 1. The van der Waals surface area contributed by atoms with Gasteiger partial charge < -0.3 is 4.74 Å². The predicted molar refractivity (Wildman–Crippen MR) is 90.6 cm³/mol. The molecule has 0 unspecified atom stereocenters. The Balaban J connectivity index is 2.45. The van der Waals surface area contributed by atoms with E-state index < -0.39 is 16.7 Å². The number of hydrazine groups is 1. The highest BCUT2D eigenvalue weighted by Crippen LogP contribution is 2.13. The van der Waals surface area contributed by atoms with Crippen LogP contribution < -0.4 is 16.2 Å². The smallest absolute Gasteiger partial charge is 0.270 e. The molecule has 10 heteroatoms. The zero-order valence-corrected chi connectivity index (χ0v) is 13.6. The molecular weight excluding hydrogens is 336 g/mol. The molecule has 0 heterocycles. The Morgan fingerprint density at radius 1 is 1.38 bits per heavy atom. The molecule has 0 aliphatic heterocycles. The number of ether oxygens (including phenoxy) is 1. The lowest BCUT2D eigenvalue weighted by atomic mass is 10.2. The van der Waals surface area contributed by atoms with Crippen molar-refractivity contribution in [3.63, 3.8) is 0 Å². The molecule has 0 saturated heterocycles. The van der Waals surface area contributed by atoms with Crippen LogP contribution in [0.4, 0.5) is 5.69 Å². The van der Waals surface area contributed by atoms with Gasteiger partial charge in [-0.2, -0.15) is 0 Å². The SMILES string of the molecule is CCOCC(=O)NNC(=S)NC(=O)/C=C/c1cccc([N+](=O)[O-])c1. The van der Waals surface area contributed by atoms with Gasteiger partial charge in [0, 0.05) is 24.8 Å². The monoisotopic (exact) mass is 352 g/mol. The molecular formula is C14H16N4O5S. The van der Waals surface area contributed by atoms with Gasteiger partial charge >= 0.3 is 0 Å². The van der Waals surface area contributed by atoms with Crippen molar-refractivity contribution in [1.29, 1.82) is 0 Å². The first-order chi connectivity index (χ1) is 11.4. The molecule has 0 bridgehead atoms. The lowest BCUT2D eigenvalue weighted by molar-refractivity contribution is -0.384. The molecule has 0 atom stereocenters. The van der Waals surface area contributed by atoms with E-state index in [-0.39, 0.29) is 17.4 Å². The van der Waals surface area contributed by atoms with Crippen LogP contribution in [0.1, 0.15) is 12.5 Å². The average molecular weight is 352 g/mol. The molecule has 1 aromatic carbocycles. The summed E-state index contributed by atoms with van der Waals surface area (Å²) in [5.41, 5.74) is 5.00. The zero-order chi connectivity index (χ0) is 17.9. The number of hydrogen-bond acceptors (Lipinski definition) is 6. The van der Waals surface area contributed by atoms with E-state index in [9.17, 15) is 19.7 Å². The van der Waals surface area contributed by atoms with Crippen LogP contribution in [0, 0.1) is 10.1 Å². The minimum atomic E-state index is -0.557. The Labute approximate surface area is 143 Å². The summed E-state index contributed by atoms with van der Waals surface area (Å²) in [4.78, 5) is 33.1. The van der Waals surface area contributed by atoms with Gasteiger partial charge in [0.05, 0.1) is 4.92 Å². The third kappa shape index (κ3) is 7.42. The number of non-ortho nitro benzene ring substituents is 1. The van der Waals surface area contributed by atoms with E-state index >= 15 is 0 Å². The summed E-state index contributed by atoms with van der Waals surface area (Å²) >= 11 is 4.83. The standard InChI is InChI=1S/C14H16N4O5S/c1-2-23-9-13(20)16-17-14(24)15-12(19)7-6-10-4-3-5-11(8-10)18(21)22/h3-8H,2,9H2,1H3,(H,16,20)(H2,15,17,19,24)/b7-6+. The summed E-state index contributed by atoms with van der Waals surface area (Å²) in [6.45, 7) is 2.02. The number of nitro benzene ring substituents is 1. The van der Waals surface area contributed by atoms with Gasteiger partial charge in [0.15, 0.2) is 5.11 Å². The Kier molecular flexibility index (Phi) is 8.02. The van der Waals surface area contributed by atoms with Gasteiger partial charge in [-0.3, -0.25) is 35.9 Å². The topological polar surface area (TPSA) is 123 Å². The molecule has 128 valence electrons. The van der Waals surface area contributed by atoms with E-state index in [1.165, 1.54) is 24.3 Å². The van der Waals surface area contributed by atoms with Gasteiger partial charge in [0.1, 0.15) is 6.61 Å². The number of rotatable bonds is 6. The van der Waals surface area contributed by atoms with Crippen LogP contribution >= 0.6 is 12.2 Å². The molecule has 0 spiro atoms. The molecule has 0 saturated carbocycles. The van der Waals surface area contributed by atoms with Crippen molar-refractivity contribution in [3.8, 4) is 0 Å². The Morgan fingerprint density at radius 2 is 2.12 bits per heavy atom. The van der Waals surface area contributed by atoms with E-state index in [1.807, 2.05) is 0 Å². The molecule has 0 aliphatic rings. The van der Waals surface area contributed by atoms with E-state index in [1.54, 1.807) is 13.0 Å². The number of benzene rings is 1. The molecule has 0 aromatic heterocycles. The average Bonchev–Trinajstić information content (AvgIpc) is 2.56. The Hall–Kier alpha value is -2.85. The third-order valence-electron chi connectivity index (χ3n) is 2.50. The maximum atomic E-state index is 11.7. The van der Waals surface area contributed by atoms with Crippen molar-refractivity contribution in [2.75, 3.05) is 13.2 Å². The normalized spacial score (nSPS) is 10.2. The fourth-order valence-corrected chi connectivity index (χ4v) is 1.61. The maximum absolute atomic E-state index is 11.7. The van der Waals surface area contributed by atoms with Crippen molar-refractivity contribution < 1.29 is 19.2 Å². The summed E-state index contributed by atoms with van der Waals surface area (Å²) in [6, 6.07) is 5.80. The number of nitrogens with zero attached hydrogens (tertiary/aromatic N) is 1. The van der Waals surface area contributed by atoms with Crippen LogP contribution in [0.2, 0.25) is 0 Å². The fourth-order valence-electron chi connectivity index (χ4n) is 1.46. The molecule has 0 aliphatic carbocycles. The summed E-state index contributed by atoms with van der Waals surface area (Å²) in [7, 11) is 0. The number of carbonyl (C=O) groups excluding carboxylic acids is 2. The number of hydrogen-bond donors (Lipinski definition) is 3. The van der Waals surface area contributed by atoms with Crippen LogP contribution in [0.15, 0.2) is 30.3 Å². The summed E-state index contributed by atoms with van der Waals surface area (Å²) in [5, 5.41) is 12.9. The van der Waals surface area contributed by atoms with Crippen LogP contribution in [0.25, 0.3) is 6.08 Å². The Bertz CT molecular complexity index is 662. The third-order valence-corrected chi connectivity index (χ3v) is 2.70. The quantitative estimate of drug-likeness (QED) is 0.297. The molecule has 0 radical (unpaired) electrons. The summed E-state index contributed by atoms with van der Waals surface area (Å²) in [5.74, 6) is -1.00. The first kappa shape index (κ1) is 19.2. The van der Waals surface area contributed by atoms with Gasteiger partial charge in [-0.15, -0.1) is 0 Å². The molecule has 24 heavy (non-hydrogen) atoms. The highest BCUT2D eigenvalue weighted by molar-refractivity contribution is 7.80. The van der Waals surface area contributed by atoms with E-state index in [0.717, 1.165) is 6.08 Å². The van der Waals surface area contributed by atoms with Gasteiger partial charge in [0.2, 0.25) is 5.91 Å². The van der Waals surface area contributed by atoms with Crippen molar-refractivity contribution in [2.45, 2.75) is 6.92 Å². The first-order valence-corrected chi connectivity index (χ1v) is 7.23. The number of nitro groups is 1. The minimum Gasteiger partial charge on any atom is -0.372 e. The minimum absolute atomic E-state index is 0.0771. The number of nitrogens with one attached hydrogen (secondary N) is 3. The van der Waals surface area contributed by atoms with Gasteiger partial charge in [-0.1, -0.05) is 12.1 Å². The highest BCUT2D eigenvalue weighted by Gasteiger charge is 2.05. The van der Waals surface area contributed by atoms with Gasteiger partial charge in [-0.25, -0.2) is 0 Å². The van der Waals surface area contributed by atoms with Gasteiger partial charge in [-0.05, 0) is 30.8 Å². The van der Waals surface area contributed by atoms with Crippen LogP contribution in [-0.2, 0) is 14.3 Å². The molecule has 9 nitrogen and oxygen atoms in total. The van der Waals surface area contributed by atoms with Crippen LogP contribution in [-0.4, -0.2) is 35.1 Å². The number of amides is 2. The van der Waals surface area contributed by atoms with E-state index in [2.05, 4.69) is 16.2 Å². The predicted octanol–water partition coefficient (Wildman–Crippen LogP) is 0.666. The molecule has 2 amide bonds. The lowest BCUT2D eigenvalue weighted by Gasteiger charge is -2.09. The molecule has 1 aromatic rings. The van der Waals surface area contributed by atoms with E-state index in [4.69, 9.17) is 17.0 Å². The number of carbonyl (C=O) groups is 2. The molecule has 0 fully saturated rings. The maximum Gasteiger partial charge on any atom is 0.270 e. The Morgan fingerprint density at radius 3 is 2.79 bits per heavy atom.